The van der Waals surface area contributed by atoms with Crippen LogP contribution in [0.25, 0.3) is 94.0 Å². The van der Waals surface area contributed by atoms with Crippen molar-refractivity contribution in [2.24, 2.45) is 0 Å². The molecule has 2 heterocycles. The van der Waals surface area contributed by atoms with Crippen LogP contribution in [0.4, 0.5) is 0 Å². The molecule has 0 atom stereocenters. The van der Waals surface area contributed by atoms with Gasteiger partial charge < -0.3 is 4.57 Å². The third-order valence-electron chi connectivity index (χ3n) is 9.58. The van der Waals surface area contributed by atoms with Crippen LogP contribution in [0.15, 0.2) is 170 Å². The Morgan fingerprint density at radius 2 is 0.959 bits per heavy atom. The fourth-order valence-corrected chi connectivity index (χ4v) is 7.29. The summed E-state index contributed by atoms with van der Waals surface area (Å²) in [4.78, 5) is 15.4. The van der Waals surface area contributed by atoms with Crippen LogP contribution in [0.2, 0.25) is 0 Å². The zero-order chi connectivity index (χ0) is 32.3. The number of hydrogen-bond donors (Lipinski definition) is 0. The molecule has 49 heavy (non-hydrogen) atoms. The van der Waals surface area contributed by atoms with Gasteiger partial charge >= 0.3 is 0 Å². The second-order valence-corrected chi connectivity index (χ2v) is 12.5. The molecule has 0 saturated heterocycles. The highest BCUT2D eigenvalue weighted by Gasteiger charge is 2.17. The molecule has 228 valence electrons. The molecular formula is C45H28N4. The molecule has 0 aliphatic heterocycles. The van der Waals surface area contributed by atoms with Gasteiger partial charge in [0.2, 0.25) is 0 Å². The van der Waals surface area contributed by atoms with Crippen LogP contribution in [-0.2, 0) is 0 Å². The second-order valence-electron chi connectivity index (χ2n) is 12.5. The predicted octanol–water partition coefficient (Wildman–Crippen LogP) is 11.4. The Kier molecular flexibility index (Phi) is 6.15. The summed E-state index contributed by atoms with van der Waals surface area (Å²) in [5.41, 5.74) is 6.42. The van der Waals surface area contributed by atoms with Gasteiger partial charge in [-0.1, -0.05) is 127 Å². The fourth-order valence-electron chi connectivity index (χ4n) is 7.29. The fraction of sp³-hybridized carbons (Fsp3) is 0. The Balaban J connectivity index is 1.20. The minimum absolute atomic E-state index is 0.648. The van der Waals surface area contributed by atoms with Gasteiger partial charge in [-0.2, -0.15) is 0 Å². The average Bonchev–Trinajstić information content (AvgIpc) is 3.50. The zero-order valence-electron chi connectivity index (χ0n) is 26.5. The number of aromatic nitrogens is 4. The van der Waals surface area contributed by atoms with Gasteiger partial charge in [0, 0.05) is 33.2 Å². The first kappa shape index (κ1) is 27.5. The molecule has 4 nitrogen and oxygen atoms in total. The predicted molar refractivity (Wildman–Crippen MR) is 203 cm³/mol. The van der Waals surface area contributed by atoms with Gasteiger partial charge in [-0.3, -0.25) is 0 Å². The maximum atomic E-state index is 5.19. The molecule has 10 aromatic rings. The summed E-state index contributed by atoms with van der Waals surface area (Å²) in [6.07, 6.45) is 0. The van der Waals surface area contributed by atoms with E-state index in [9.17, 15) is 0 Å². The van der Waals surface area contributed by atoms with Crippen molar-refractivity contribution in [3.63, 3.8) is 0 Å². The van der Waals surface area contributed by atoms with Gasteiger partial charge in [0.25, 0.3) is 0 Å². The molecule has 0 bridgehead atoms. The third kappa shape index (κ3) is 4.49. The van der Waals surface area contributed by atoms with Crippen molar-refractivity contribution in [1.82, 2.24) is 19.5 Å². The first-order valence-electron chi connectivity index (χ1n) is 16.5. The van der Waals surface area contributed by atoms with E-state index in [2.05, 4.69) is 156 Å². The molecule has 4 heteroatoms. The summed E-state index contributed by atoms with van der Waals surface area (Å²) in [6, 6.07) is 59.8. The van der Waals surface area contributed by atoms with E-state index < -0.39 is 0 Å². The molecule has 0 unspecified atom stereocenters. The van der Waals surface area contributed by atoms with Crippen LogP contribution in [0, 0.1) is 0 Å². The lowest BCUT2D eigenvalue weighted by Gasteiger charge is -2.13. The summed E-state index contributed by atoms with van der Waals surface area (Å²) >= 11 is 0. The molecule has 0 fully saturated rings. The summed E-state index contributed by atoms with van der Waals surface area (Å²) in [5.74, 6) is 1.96. The third-order valence-corrected chi connectivity index (χ3v) is 9.58. The van der Waals surface area contributed by atoms with E-state index in [0.717, 1.165) is 43.9 Å². The van der Waals surface area contributed by atoms with Crippen LogP contribution < -0.4 is 0 Å². The first-order valence-corrected chi connectivity index (χ1v) is 16.5. The molecule has 0 aliphatic carbocycles. The molecule has 8 aromatic carbocycles. The first-order chi connectivity index (χ1) is 24.3. The van der Waals surface area contributed by atoms with Crippen LogP contribution in [0.1, 0.15) is 0 Å². The number of para-hydroxylation sites is 2. The van der Waals surface area contributed by atoms with Crippen molar-refractivity contribution in [2.75, 3.05) is 0 Å². The normalized spacial score (nSPS) is 11.7. The van der Waals surface area contributed by atoms with E-state index in [1.165, 1.54) is 32.6 Å². The quantitative estimate of drug-likeness (QED) is 0.183. The lowest BCUT2D eigenvalue weighted by atomic mass is 9.97. The van der Waals surface area contributed by atoms with E-state index in [-0.39, 0.29) is 0 Å². The maximum Gasteiger partial charge on any atom is 0.164 e. The summed E-state index contributed by atoms with van der Waals surface area (Å²) in [7, 11) is 0. The van der Waals surface area contributed by atoms with Crippen molar-refractivity contribution < 1.29 is 0 Å². The largest absolute Gasteiger partial charge is 0.309 e. The molecule has 0 aliphatic rings. The van der Waals surface area contributed by atoms with Crippen molar-refractivity contribution in [3.8, 4) is 39.9 Å². The Labute approximate surface area is 282 Å². The highest BCUT2D eigenvalue weighted by molar-refractivity contribution is 6.15. The van der Waals surface area contributed by atoms with Crippen LogP contribution >= 0.6 is 0 Å². The maximum absolute atomic E-state index is 5.19. The molecule has 0 N–H and O–H groups in total. The number of benzene rings is 8. The van der Waals surface area contributed by atoms with Crippen molar-refractivity contribution in [3.05, 3.63) is 170 Å². The highest BCUT2D eigenvalue weighted by atomic mass is 15.0. The summed E-state index contributed by atoms with van der Waals surface area (Å²) in [6.45, 7) is 0. The zero-order valence-corrected chi connectivity index (χ0v) is 26.5. The van der Waals surface area contributed by atoms with Crippen LogP contribution in [0.3, 0.4) is 0 Å². The SMILES string of the molecule is c1ccc(-c2nc(-c3ccc4cc5c(cc4c3)c3ccccc3n5-c3ccccc3)nc(-c3cc4ccccc4c4ccccc34)n2)cc1. The smallest absolute Gasteiger partial charge is 0.164 e. The van der Waals surface area contributed by atoms with Gasteiger partial charge in [-0.05, 0) is 74.8 Å². The molecule has 2 aromatic heterocycles. The number of rotatable bonds is 4. The molecule has 0 amide bonds. The minimum atomic E-state index is 0.648. The van der Waals surface area contributed by atoms with Gasteiger partial charge in [0.05, 0.1) is 11.0 Å². The van der Waals surface area contributed by atoms with Gasteiger partial charge in [0.1, 0.15) is 0 Å². The lowest BCUT2D eigenvalue weighted by molar-refractivity contribution is 1.08. The molecule has 0 saturated carbocycles. The monoisotopic (exact) mass is 624 g/mol. The molecule has 0 spiro atoms. The van der Waals surface area contributed by atoms with Crippen LogP contribution in [0.5, 0.6) is 0 Å². The molecule has 0 radical (unpaired) electrons. The van der Waals surface area contributed by atoms with Crippen molar-refractivity contribution >= 4 is 54.1 Å². The topological polar surface area (TPSA) is 43.6 Å². The van der Waals surface area contributed by atoms with E-state index in [1.807, 2.05) is 18.2 Å². The highest BCUT2D eigenvalue weighted by Crippen LogP contribution is 2.37. The van der Waals surface area contributed by atoms with Gasteiger partial charge in [0.15, 0.2) is 17.5 Å². The average molecular weight is 625 g/mol. The Morgan fingerprint density at radius 3 is 1.78 bits per heavy atom. The van der Waals surface area contributed by atoms with E-state index in [1.54, 1.807) is 0 Å². The Hall–Kier alpha value is -6.65. The number of nitrogens with zero attached hydrogens (tertiary/aromatic N) is 4. The standard InChI is InChI=1S/C45H28N4/c1-3-13-29(14-4-1)43-46-44(48-45(47-43)40-26-31-15-7-8-18-35(31)36-19-9-10-20-37(36)40)32-24-23-30-28-42-39(27-33(30)25-32)38-21-11-12-22-41(38)49(42)34-16-5-2-6-17-34/h1-28H. The van der Waals surface area contributed by atoms with E-state index in [4.69, 9.17) is 15.0 Å². The summed E-state index contributed by atoms with van der Waals surface area (Å²) < 4.78 is 2.36. The van der Waals surface area contributed by atoms with Crippen molar-refractivity contribution in [1.29, 1.82) is 0 Å². The Bertz CT molecular complexity index is 2870. The van der Waals surface area contributed by atoms with E-state index in [0.29, 0.717) is 17.5 Å². The molecule has 10 rings (SSSR count). The van der Waals surface area contributed by atoms with Crippen LogP contribution in [-0.4, -0.2) is 19.5 Å². The summed E-state index contributed by atoms with van der Waals surface area (Å²) in [5, 5.41) is 9.42. The van der Waals surface area contributed by atoms with Gasteiger partial charge in [-0.15, -0.1) is 0 Å². The van der Waals surface area contributed by atoms with Gasteiger partial charge in [-0.25, -0.2) is 15.0 Å². The lowest BCUT2D eigenvalue weighted by Crippen LogP contribution is -2.00. The minimum Gasteiger partial charge on any atom is -0.309 e. The van der Waals surface area contributed by atoms with Crippen molar-refractivity contribution in [2.45, 2.75) is 0 Å². The molecular weight excluding hydrogens is 597 g/mol. The van der Waals surface area contributed by atoms with E-state index >= 15 is 0 Å². The number of hydrogen-bond acceptors (Lipinski definition) is 3. The number of fused-ring (bicyclic) bond motifs is 7. The Morgan fingerprint density at radius 1 is 0.327 bits per heavy atom. The second kappa shape index (κ2) is 11.0.